The van der Waals surface area contributed by atoms with Crippen LogP contribution in [0.5, 0.6) is 0 Å². The molecule has 0 atom stereocenters. The molecule has 0 unspecified atom stereocenters. The molecule has 0 aliphatic carbocycles. The minimum absolute atomic E-state index is 0.0378. The predicted molar refractivity (Wildman–Crippen MR) is 83.2 cm³/mol. The van der Waals surface area contributed by atoms with Crippen molar-refractivity contribution < 1.29 is 14.3 Å². The summed E-state index contributed by atoms with van der Waals surface area (Å²) in [4.78, 5) is 26.8. The number of thiophene rings is 1. The van der Waals surface area contributed by atoms with Crippen molar-refractivity contribution in [2.24, 2.45) is 5.73 Å². The Morgan fingerprint density at radius 2 is 2.19 bits per heavy atom. The van der Waals surface area contributed by atoms with Gasteiger partial charge in [-0.05, 0) is 25.0 Å². The lowest BCUT2D eigenvalue weighted by Gasteiger charge is -2.19. The Kier molecular flexibility index (Phi) is 6.92. The van der Waals surface area contributed by atoms with Gasteiger partial charge in [0, 0.05) is 6.54 Å². The summed E-state index contributed by atoms with van der Waals surface area (Å²) < 4.78 is 4.63. The number of amides is 1. The van der Waals surface area contributed by atoms with Crippen LogP contribution in [0, 0.1) is 18.8 Å². The van der Waals surface area contributed by atoms with Gasteiger partial charge in [-0.2, -0.15) is 0 Å². The molecule has 6 heteroatoms. The molecule has 1 aromatic rings. The highest BCUT2D eigenvalue weighted by Crippen LogP contribution is 2.22. The number of aryl methyl sites for hydroxylation is 1. The first-order valence-electron chi connectivity index (χ1n) is 6.68. The molecule has 2 N–H and O–H groups in total. The van der Waals surface area contributed by atoms with Gasteiger partial charge in [0.05, 0.1) is 23.4 Å². The highest BCUT2D eigenvalue weighted by atomic mass is 32.1. The van der Waals surface area contributed by atoms with Gasteiger partial charge in [0.2, 0.25) is 0 Å². The molecule has 1 heterocycles. The van der Waals surface area contributed by atoms with E-state index >= 15 is 0 Å². The first-order valence-corrected chi connectivity index (χ1v) is 7.50. The van der Waals surface area contributed by atoms with E-state index in [0.29, 0.717) is 11.4 Å². The van der Waals surface area contributed by atoms with E-state index in [9.17, 15) is 9.59 Å². The van der Waals surface area contributed by atoms with E-state index in [2.05, 4.69) is 16.6 Å². The third kappa shape index (κ3) is 4.88. The zero-order chi connectivity index (χ0) is 15.8. The summed E-state index contributed by atoms with van der Waals surface area (Å²) in [5.74, 6) is 5.14. The molecular weight excluding hydrogens is 288 g/mol. The Morgan fingerprint density at radius 1 is 1.48 bits per heavy atom. The number of esters is 1. The average Bonchev–Trinajstić information content (AvgIpc) is 2.84. The summed E-state index contributed by atoms with van der Waals surface area (Å²) in [6.45, 7) is 4.61. The Bertz CT molecular complexity index is 569. The highest BCUT2D eigenvalue weighted by Gasteiger charge is 2.21. The number of ether oxygens (including phenoxy) is 1. The second kappa shape index (κ2) is 8.45. The van der Waals surface area contributed by atoms with E-state index < -0.39 is 5.97 Å². The molecule has 1 rings (SSSR count). The van der Waals surface area contributed by atoms with Gasteiger partial charge in [0.1, 0.15) is 6.54 Å². The van der Waals surface area contributed by atoms with Crippen LogP contribution in [-0.4, -0.2) is 43.5 Å². The van der Waals surface area contributed by atoms with Crippen molar-refractivity contribution in [3.8, 4) is 11.8 Å². The molecule has 1 amide bonds. The fourth-order valence-corrected chi connectivity index (χ4v) is 2.76. The van der Waals surface area contributed by atoms with Gasteiger partial charge in [-0.3, -0.25) is 9.59 Å². The lowest BCUT2D eigenvalue weighted by Crippen LogP contribution is -2.36. The molecule has 5 nitrogen and oxygen atoms in total. The number of carbonyl (C=O) groups is 2. The number of carbonyl (C=O) groups excluding carboxylic acids is 2. The van der Waals surface area contributed by atoms with Gasteiger partial charge in [0.15, 0.2) is 0 Å². The second-order valence-corrected chi connectivity index (χ2v) is 5.48. The molecule has 0 aromatic carbocycles. The number of hydrogen-bond acceptors (Lipinski definition) is 5. The number of hydrogen-bond donors (Lipinski definition) is 1. The summed E-state index contributed by atoms with van der Waals surface area (Å²) in [6, 6.07) is 1.80. The standard InChI is InChI=1S/C15H20N2O3S/c1-4-8-17(10-14(18)20-3)15(19)13-9-11(2)12(21-13)6-5-7-16/h9H,4,7-8,10,16H2,1-3H3. The molecule has 1 aromatic heterocycles. The normalized spacial score (nSPS) is 9.71. The van der Waals surface area contributed by atoms with Crippen LogP contribution in [0.3, 0.4) is 0 Å². The van der Waals surface area contributed by atoms with Crippen molar-refractivity contribution in [2.75, 3.05) is 26.7 Å². The zero-order valence-corrected chi connectivity index (χ0v) is 13.4. The Morgan fingerprint density at radius 3 is 2.76 bits per heavy atom. The highest BCUT2D eigenvalue weighted by molar-refractivity contribution is 7.14. The SMILES string of the molecule is CCCN(CC(=O)OC)C(=O)c1cc(C)c(C#CCN)s1. The van der Waals surface area contributed by atoms with Crippen LogP contribution in [-0.2, 0) is 9.53 Å². The van der Waals surface area contributed by atoms with Crippen molar-refractivity contribution in [1.29, 1.82) is 0 Å². The van der Waals surface area contributed by atoms with Crippen molar-refractivity contribution in [2.45, 2.75) is 20.3 Å². The molecule has 0 fully saturated rings. The fraction of sp³-hybridized carbons (Fsp3) is 0.467. The maximum Gasteiger partial charge on any atom is 0.325 e. The molecule has 0 bridgehead atoms. The summed E-state index contributed by atoms with van der Waals surface area (Å²) in [5.41, 5.74) is 6.30. The van der Waals surface area contributed by atoms with Crippen LogP contribution in [0.25, 0.3) is 0 Å². The molecule has 0 saturated heterocycles. The van der Waals surface area contributed by atoms with Gasteiger partial charge in [0.25, 0.3) is 5.91 Å². The third-order valence-corrected chi connectivity index (χ3v) is 3.90. The van der Waals surface area contributed by atoms with E-state index in [0.717, 1.165) is 16.9 Å². The van der Waals surface area contributed by atoms with E-state index in [4.69, 9.17) is 5.73 Å². The van der Waals surface area contributed by atoms with Crippen molar-refractivity contribution in [1.82, 2.24) is 4.90 Å². The van der Waals surface area contributed by atoms with E-state index in [1.165, 1.54) is 23.3 Å². The van der Waals surface area contributed by atoms with Crippen LogP contribution in [0.1, 0.15) is 33.5 Å². The third-order valence-electron chi connectivity index (χ3n) is 2.76. The first kappa shape index (κ1) is 17.2. The smallest absolute Gasteiger partial charge is 0.325 e. The van der Waals surface area contributed by atoms with Gasteiger partial charge < -0.3 is 15.4 Å². The molecule has 114 valence electrons. The summed E-state index contributed by atoms with van der Waals surface area (Å²) >= 11 is 1.32. The van der Waals surface area contributed by atoms with Crippen molar-refractivity contribution in [3.63, 3.8) is 0 Å². The van der Waals surface area contributed by atoms with Crippen LogP contribution in [0.4, 0.5) is 0 Å². The topological polar surface area (TPSA) is 72.6 Å². The average molecular weight is 308 g/mol. The van der Waals surface area contributed by atoms with Gasteiger partial charge in [-0.1, -0.05) is 18.8 Å². The Labute approximate surface area is 129 Å². The van der Waals surface area contributed by atoms with Crippen LogP contribution < -0.4 is 5.73 Å². The number of nitrogens with zero attached hydrogens (tertiary/aromatic N) is 1. The number of nitrogens with two attached hydrogens (primary N) is 1. The fourth-order valence-electron chi connectivity index (χ4n) is 1.74. The molecule has 0 aliphatic heterocycles. The molecule has 0 radical (unpaired) electrons. The zero-order valence-electron chi connectivity index (χ0n) is 12.6. The van der Waals surface area contributed by atoms with Crippen molar-refractivity contribution in [3.05, 3.63) is 21.4 Å². The first-order chi connectivity index (χ1) is 10.0. The van der Waals surface area contributed by atoms with Crippen LogP contribution in [0.15, 0.2) is 6.07 Å². The minimum Gasteiger partial charge on any atom is -0.468 e. The maximum absolute atomic E-state index is 12.5. The summed E-state index contributed by atoms with van der Waals surface area (Å²) in [7, 11) is 1.31. The lowest BCUT2D eigenvalue weighted by atomic mass is 10.2. The molecule has 0 aliphatic rings. The van der Waals surface area contributed by atoms with Gasteiger partial charge in [-0.25, -0.2) is 0 Å². The van der Waals surface area contributed by atoms with Crippen LogP contribution in [0.2, 0.25) is 0 Å². The van der Waals surface area contributed by atoms with Crippen molar-refractivity contribution >= 4 is 23.2 Å². The van der Waals surface area contributed by atoms with E-state index in [1.807, 2.05) is 13.8 Å². The predicted octanol–water partition coefficient (Wildman–Crippen LogP) is 1.39. The maximum atomic E-state index is 12.5. The quantitative estimate of drug-likeness (QED) is 0.659. The van der Waals surface area contributed by atoms with Gasteiger partial charge in [-0.15, -0.1) is 11.3 Å². The largest absolute Gasteiger partial charge is 0.468 e. The van der Waals surface area contributed by atoms with Crippen LogP contribution >= 0.6 is 11.3 Å². The summed E-state index contributed by atoms with van der Waals surface area (Å²) in [6.07, 6.45) is 0.771. The Hall–Kier alpha value is -1.84. The number of methoxy groups -OCH3 is 1. The Balaban J connectivity index is 2.95. The second-order valence-electron chi connectivity index (χ2n) is 4.43. The lowest BCUT2D eigenvalue weighted by molar-refractivity contribution is -0.141. The number of rotatable bonds is 5. The summed E-state index contributed by atoms with van der Waals surface area (Å²) in [5, 5.41) is 0. The molecule has 21 heavy (non-hydrogen) atoms. The molecular formula is C15H20N2O3S. The minimum atomic E-state index is -0.423. The molecule has 0 saturated carbocycles. The molecule has 0 spiro atoms. The van der Waals surface area contributed by atoms with Gasteiger partial charge >= 0.3 is 5.97 Å². The monoisotopic (exact) mass is 308 g/mol. The van der Waals surface area contributed by atoms with E-state index in [1.54, 1.807) is 6.07 Å². The van der Waals surface area contributed by atoms with E-state index in [-0.39, 0.29) is 19.0 Å².